The van der Waals surface area contributed by atoms with Gasteiger partial charge in [-0.3, -0.25) is 4.98 Å². The van der Waals surface area contributed by atoms with Gasteiger partial charge in [0.25, 0.3) is 0 Å². The molecule has 0 aliphatic rings. The summed E-state index contributed by atoms with van der Waals surface area (Å²) in [6.45, 7) is 5.10. The number of aromatic nitrogens is 1. The number of methoxy groups -OCH3 is 1. The molecule has 106 valence electrons. The molecule has 0 fully saturated rings. The molecule has 20 heavy (non-hydrogen) atoms. The predicted octanol–water partition coefficient (Wildman–Crippen LogP) is 3.43. The lowest BCUT2D eigenvalue weighted by molar-refractivity contribution is 0.0678. The number of benzene rings is 1. The molecule has 3 nitrogen and oxygen atoms in total. The monoisotopic (exact) mass is 270 g/mol. The highest BCUT2D eigenvalue weighted by Gasteiger charge is 2.25. The summed E-state index contributed by atoms with van der Waals surface area (Å²) >= 11 is 0. The molecule has 2 atom stereocenters. The van der Waals surface area contributed by atoms with Crippen molar-refractivity contribution in [3.05, 3.63) is 65.5 Å². The van der Waals surface area contributed by atoms with E-state index in [0.29, 0.717) is 0 Å². The van der Waals surface area contributed by atoms with Gasteiger partial charge in [0.15, 0.2) is 0 Å². The summed E-state index contributed by atoms with van der Waals surface area (Å²) in [4.78, 5) is 4.26. The maximum Gasteiger partial charge on any atom is 0.102 e. The van der Waals surface area contributed by atoms with Crippen LogP contribution in [0.2, 0.25) is 0 Å². The maximum absolute atomic E-state index is 5.77. The van der Waals surface area contributed by atoms with E-state index in [9.17, 15) is 0 Å². The van der Waals surface area contributed by atoms with Gasteiger partial charge in [0.05, 0.1) is 6.04 Å². The Hall–Kier alpha value is -1.71. The second-order valence-electron chi connectivity index (χ2n) is 4.83. The summed E-state index contributed by atoms with van der Waals surface area (Å²) in [5.41, 5.74) is 3.58. The fourth-order valence-corrected chi connectivity index (χ4v) is 2.51. The van der Waals surface area contributed by atoms with Crippen LogP contribution in [0.15, 0.2) is 48.8 Å². The third-order valence-corrected chi connectivity index (χ3v) is 3.52. The van der Waals surface area contributed by atoms with Crippen LogP contribution in [-0.2, 0) is 4.74 Å². The topological polar surface area (TPSA) is 34.2 Å². The number of ether oxygens (including phenoxy) is 1. The highest BCUT2D eigenvalue weighted by atomic mass is 16.5. The van der Waals surface area contributed by atoms with E-state index in [1.807, 2.05) is 36.7 Å². The van der Waals surface area contributed by atoms with Gasteiger partial charge in [0, 0.05) is 19.5 Å². The first-order chi connectivity index (χ1) is 9.77. The molecular weight excluding hydrogens is 248 g/mol. The van der Waals surface area contributed by atoms with Crippen LogP contribution < -0.4 is 5.32 Å². The van der Waals surface area contributed by atoms with Crippen molar-refractivity contribution in [2.24, 2.45) is 0 Å². The molecule has 1 heterocycles. The average Bonchev–Trinajstić information content (AvgIpc) is 2.49. The minimum Gasteiger partial charge on any atom is -0.375 e. The van der Waals surface area contributed by atoms with Gasteiger partial charge in [0.2, 0.25) is 0 Å². The SMILES string of the molecule is CCNC(c1cnccc1C)C(OC)c1ccccc1. The molecule has 0 saturated carbocycles. The van der Waals surface area contributed by atoms with Gasteiger partial charge >= 0.3 is 0 Å². The van der Waals surface area contributed by atoms with Gasteiger partial charge in [-0.05, 0) is 36.2 Å². The van der Waals surface area contributed by atoms with Gasteiger partial charge in [-0.25, -0.2) is 0 Å². The lowest BCUT2D eigenvalue weighted by Gasteiger charge is -2.28. The number of pyridine rings is 1. The Bertz CT molecular complexity index is 528. The van der Waals surface area contributed by atoms with Crippen LogP contribution >= 0.6 is 0 Å². The minimum absolute atomic E-state index is 0.0287. The molecule has 0 aliphatic carbocycles. The van der Waals surface area contributed by atoms with Crippen LogP contribution in [0.5, 0.6) is 0 Å². The van der Waals surface area contributed by atoms with E-state index in [1.54, 1.807) is 7.11 Å². The van der Waals surface area contributed by atoms with E-state index in [0.717, 1.165) is 6.54 Å². The quantitative estimate of drug-likeness (QED) is 0.873. The molecule has 0 bridgehead atoms. The Labute approximate surface area is 121 Å². The third kappa shape index (κ3) is 3.24. The van der Waals surface area contributed by atoms with E-state index in [-0.39, 0.29) is 12.1 Å². The minimum atomic E-state index is -0.0287. The molecule has 1 aromatic heterocycles. The normalized spacial score (nSPS) is 13.9. The summed E-state index contributed by atoms with van der Waals surface area (Å²) in [5.74, 6) is 0. The lowest BCUT2D eigenvalue weighted by atomic mass is 9.94. The number of hydrogen-bond acceptors (Lipinski definition) is 3. The van der Waals surface area contributed by atoms with Crippen molar-refractivity contribution in [3.8, 4) is 0 Å². The molecule has 0 amide bonds. The fraction of sp³-hybridized carbons (Fsp3) is 0.353. The van der Waals surface area contributed by atoms with Gasteiger partial charge < -0.3 is 10.1 Å². The Balaban J connectivity index is 2.39. The molecule has 3 heteroatoms. The Morgan fingerprint density at radius 3 is 2.55 bits per heavy atom. The van der Waals surface area contributed by atoms with Crippen LogP contribution in [0.4, 0.5) is 0 Å². The number of nitrogens with one attached hydrogen (secondary N) is 1. The summed E-state index contributed by atoms with van der Waals surface area (Å²) in [7, 11) is 1.76. The van der Waals surface area contributed by atoms with E-state index < -0.39 is 0 Å². The Morgan fingerprint density at radius 1 is 1.20 bits per heavy atom. The van der Waals surface area contributed by atoms with Crippen LogP contribution in [0.3, 0.4) is 0 Å². The highest BCUT2D eigenvalue weighted by molar-refractivity contribution is 5.30. The maximum atomic E-state index is 5.77. The molecule has 0 aliphatic heterocycles. The van der Waals surface area contributed by atoms with Crippen molar-refractivity contribution in [1.82, 2.24) is 10.3 Å². The van der Waals surface area contributed by atoms with Gasteiger partial charge in [-0.2, -0.15) is 0 Å². The molecule has 0 spiro atoms. The van der Waals surface area contributed by atoms with Crippen LogP contribution in [0.25, 0.3) is 0 Å². The van der Waals surface area contributed by atoms with Crippen LogP contribution in [0, 0.1) is 6.92 Å². The molecule has 2 aromatic rings. The first-order valence-electron chi connectivity index (χ1n) is 6.99. The van der Waals surface area contributed by atoms with Gasteiger partial charge in [-0.1, -0.05) is 37.3 Å². The standard InChI is InChI=1S/C17H22N2O/c1-4-19-16(15-12-18-11-10-13(15)2)17(20-3)14-8-6-5-7-9-14/h5-12,16-17,19H,4H2,1-3H3. The fourth-order valence-electron chi connectivity index (χ4n) is 2.51. The largest absolute Gasteiger partial charge is 0.375 e. The summed E-state index contributed by atoms with van der Waals surface area (Å²) < 4.78 is 5.77. The van der Waals surface area contributed by atoms with Crippen molar-refractivity contribution in [1.29, 1.82) is 0 Å². The second kappa shape index (κ2) is 7.17. The zero-order valence-electron chi connectivity index (χ0n) is 12.3. The van der Waals surface area contributed by atoms with E-state index in [2.05, 4.69) is 36.3 Å². The molecule has 0 radical (unpaired) electrons. The van der Waals surface area contributed by atoms with E-state index in [4.69, 9.17) is 4.74 Å². The van der Waals surface area contributed by atoms with Crippen molar-refractivity contribution in [2.75, 3.05) is 13.7 Å². The summed E-state index contributed by atoms with van der Waals surface area (Å²) in [6, 6.07) is 12.4. The Kier molecular flexibility index (Phi) is 5.27. The van der Waals surface area contributed by atoms with Crippen LogP contribution in [0.1, 0.15) is 35.8 Å². The molecule has 2 unspecified atom stereocenters. The average molecular weight is 270 g/mol. The lowest BCUT2D eigenvalue weighted by Crippen LogP contribution is -2.28. The van der Waals surface area contributed by atoms with Crippen molar-refractivity contribution in [2.45, 2.75) is 26.0 Å². The van der Waals surface area contributed by atoms with E-state index in [1.165, 1.54) is 16.7 Å². The molecular formula is C17H22N2O. The van der Waals surface area contributed by atoms with Crippen LogP contribution in [-0.4, -0.2) is 18.6 Å². The third-order valence-electron chi connectivity index (χ3n) is 3.52. The summed E-state index contributed by atoms with van der Waals surface area (Å²) in [5, 5.41) is 3.52. The number of nitrogens with zero attached hydrogens (tertiary/aromatic N) is 1. The number of likely N-dealkylation sites (N-methyl/N-ethyl adjacent to an activating group) is 1. The van der Waals surface area contributed by atoms with Crippen molar-refractivity contribution < 1.29 is 4.74 Å². The first-order valence-corrected chi connectivity index (χ1v) is 6.99. The first kappa shape index (κ1) is 14.7. The van der Waals surface area contributed by atoms with Crippen molar-refractivity contribution >= 4 is 0 Å². The molecule has 2 rings (SSSR count). The predicted molar refractivity (Wildman–Crippen MR) is 81.6 cm³/mol. The number of aryl methyl sites for hydroxylation is 1. The zero-order valence-corrected chi connectivity index (χ0v) is 12.3. The zero-order chi connectivity index (χ0) is 14.4. The number of rotatable bonds is 6. The molecule has 1 N–H and O–H groups in total. The van der Waals surface area contributed by atoms with E-state index >= 15 is 0 Å². The molecule has 1 aromatic carbocycles. The van der Waals surface area contributed by atoms with Gasteiger partial charge in [0.1, 0.15) is 6.10 Å². The van der Waals surface area contributed by atoms with Gasteiger partial charge in [-0.15, -0.1) is 0 Å². The molecule has 0 saturated heterocycles. The summed E-state index contributed by atoms with van der Waals surface area (Å²) in [6.07, 6.45) is 3.73. The smallest absolute Gasteiger partial charge is 0.102 e. The van der Waals surface area contributed by atoms with Crippen molar-refractivity contribution in [3.63, 3.8) is 0 Å². The Morgan fingerprint density at radius 2 is 1.95 bits per heavy atom. The number of hydrogen-bond donors (Lipinski definition) is 1. The highest BCUT2D eigenvalue weighted by Crippen LogP contribution is 2.32. The second-order valence-corrected chi connectivity index (χ2v) is 4.83.